The molecule has 0 radical (unpaired) electrons. The van der Waals surface area contributed by atoms with Gasteiger partial charge in [-0.2, -0.15) is 0 Å². The fraction of sp³-hybridized carbons (Fsp3) is 0.333. The van der Waals surface area contributed by atoms with Crippen LogP contribution in [0.1, 0.15) is 22.0 Å². The minimum absolute atomic E-state index is 0.184. The van der Waals surface area contributed by atoms with Crippen molar-refractivity contribution in [3.63, 3.8) is 0 Å². The third-order valence-corrected chi connectivity index (χ3v) is 5.81. The second-order valence-electron chi connectivity index (χ2n) is 6.89. The van der Waals surface area contributed by atoms with Crippen molar-refractivity contribution in [1.29, 1.82) is 0 Å². The van der Waals surface area contributed by atoms with Gasteiger partial charge in [-0.1, -0.05) is 6.07 Å². The first-order chi connectivity index (χ1) is 14.1. The van der Waals surface area contributed by atoms with Crippen LogP contribution in [0.4, 0.5) is 10.8 Å². The number of hydrogen-bond acceptors (Lipinski definition) is 7. The van der Waals surface area contributed by atoms with Crippen molar-refractivity contribution >= 4 is 28.1 Å². The molecule has 3 aromatic rings. The number of ether oxygens (including phenoxy) is 1. The Labute approximate surface area is 173 Å². The zero-order valence-electron chi connectivity index (χ0n) is 16.6. The van der Waals surface area contributed by atoms with Gasteiger partial charge in [-0.15, -0.1) is 11.3 Å². The maximum absolute atomic E-state index is 12.4. The second-order valence-corrected chi connectivity index (χ2v) is 7.72. The van der Waals surface area contributed by atoms with Gasteiger partial charge in [0.2, 0.25) is 0 Å². The molecule has 1 saturated heterocycles. The summed E-state index contributed by atoms with van der Waals surface area (Å²) < 4.78 is 10.8. The number of amides is 1. The predicted octanol–water partition coefficient (Wildman–Crippen LogP) is 3.31. The van der Waals surface area contributed by atoms with Crippen molar-refractivity contribution in [3.05, 3.63) is 59.0 Å². The number of hydrogen-bond donors (Lipinski definition) is 1. The second kappa shape index (κ2) is 8.57. The van der Waals surface area contributed by atoms with E-state index < -0.39 is 0 Å². The number of rotatable bonds is 6. The van der Waals surface area contributed by atoms with Gasteiger partial charge in [0.15, 0.2) is 5.13 Å². The Morgan fingerprint density at radius 2 is 2.00 bits per heavy atom. The summed E-state index contributed by atoms with van der Waals surface area (Å²) in [7, 11) is 1.68. The van der Waals surface area contributed by atoms with Crippen LogP contribution in [-0.2, 0) is 6.54 Å². The Morgan fingerprint density at radius 1 is 1.21 bits per heavy atom. The van der Waals surface area contributed by atoms with Crippen LogP contribution in [-0.4, -0.2) is 44.2 Å². The first kappa shape index (κ1) is 19.3. The number of aromatic nitrogens is 1. The van der Waals surface area contributed by atoms with Crippen molar-refractivity contribution in [2.45, 2.75) is 13.5 Å². The van der Waals surface area contributed by atoms with Crippen molar-refractivity contribution < 1.29 is 13.9 Å². The molecule has 1 amide bonds. The Hall–Kier alpha value is -3.00. The zero-order valence-corrected chi connectivity index (χ0v) is 17.4. The number of thiazole rings is 1. The van der Waals surface area contributed by atoms with Crippen molar-refractivity contribution in [2.75, 3.05) is 43.1 Å². The quantitative estimate of drug-likeness (QED) is 0.670. The van der Waals surface area contributed by atoms with Crippen LogP contribution >= 0.6 is 11.3 Å². The average Bonchev–Trinajstić information content (AvgIpc) is 3.41. The Kier molecular flexibility index (Phi) is 5.71. The molecule has 1 aromatic carbocycles. The van der Waals surface area contributed by atoms with E-state index in [1.165, 1.54) is 11.3 Å². The molecule has 152 valence electrons. The van der Waals surface area contributed by atoms with Gasteiger partial charge in [-0.05, 0) is 31.2 Å². The molecule has 29 heavy (non-hydrogen) atoms. The summed E-state index contributed by atoms with van der Waals surface area (Å²) in [5.74, 6) is 2.25. The number of aryl methyl sites for hydroxylation is 1. The lowest BCUT2D eigenvalue weighted by molar-refractivity contribution is 0.0943. The molecule has 1 N–H and O–H groups in total. The molecule has 7 nitrogen and oxygen atoms in total. The van der Waals surface area contributed by atoms with Crippen molar-refractivity contribution in [2.24, 2.45) is 0 Å². The largest absolute Gasteiger partial charge is 0.497 e. The number of benzene rings is 1. The Balaban J connectivity index is 1.32. The van der Waals surface area contributed by atoms with E-state index in [1.54, 1.807) is 7.11 Å². The van der Waals surface area contributed by atoms with Gasteiger partial charge in [-0.25, -0.2) is 4.98 Å². The minimum Gasteiger partial charge on any atom is -0.497 e. The SMILES string of the molecule is COc1cccc(N2CCN(c3nc(C(=O)NCc4ccc(C)o4)cs3)CC2)c1. The molecule has 0 aliphatic carbocycles. The fourth-order valence-electron chi connectivity index (χ4n) is 3.32. The normalized spacial score (nSPS) is 14.1. The summed E-state index contributed by atoms with van der Waals surface area (Å²) in [4.78, 5) is 21.5. The van der Waals surface area contributed by atoms with Crippen LogP contribution in [0.2, 0.25) is 0 Å². The molecule has 1 fully saturated rings. The summed E-state index contributed by atoms with van der Waals surface area (Å²) in [5.41, 5.74) is 1.61. The first-order valence-electron chi connectivity index (χ1n) is 9.55. The molecular formula is C21H24N4O3S. The number of carbonyl (C=O) groups is 1. The lowest BCUT2D eigenvalue weighted by atomic mass is 10.2. The molecule has 0 unspecified atom stereocenters. The van der Waals surface area contributed by atoms with Crippen LogP contribution in [0.5, 0.6) is 5.75 Å². The molecule has 0 bridgehead atoms. The van der Waals surface area contributed by atoms with E-state index in [9.17, 15) is 4.79 Å². The third kappa shape index (κ3) is 4.54. The van der Waals surface area contributed by atoms with E-state index in [-0.39, 0.29) is 5.91 Å². The minimum atomic E-state index is -0.184. The van der Waals surface area contributed by atoms with E-state index in [0.29, 0.717) is 12.2 Å². The maximum atomic E-state index is 12.4. The Morgan fingerprint density at radius 3 is 2.72 bits per heavy atom. The van der Waals surface area contributed by atoms with Gasteiger partial charge in [0.05, 0.1) is 13.7 Å². The van der Waals surface area contributed by atoms with Gasteiger partial charge in [0.1, 0.15) is 23.0 Å². The standard InChI is InChI=1S/C21H24N4O3S/c1-15-6-7-18(28-15)13-22-20(26)19-14-29-21(23-19)25-10-8-24(9-11-25)16-4-3-5-17(12-16)27-2/h3-7,12,14H,8-11,13H2,1-2H3,(H,22,26). The Bertz CT molecular complexity index is 976. The van der Waals surface area contributed by atoms with Crippen LogP contribution in [0.3, 0.4) is 0 Å². The monoisotopic (exact) mass is 412 g/mol. The molecule has 0 saturated carbocycles. The highest BCUT2D eigenvalue weighted by molar-refractivity contribution is 7.13. The molecule has 0 spiro atoms. The summed E-state index contributed by atoms with van der Waals surface area (Å²) in [6, 6.07) is 11.9. The summed E-state index contributed by atoms with van der Waals surface area (Å²) in [6.45, 7) is 5.75. The first-order valence-corrected chi connectivity index (χ1v) is 10.4. The smallest absolute Gasteiger partial charge is 0.271 e. The van der Waals surface area contributed by atoms with Gasteiger partial charge in [-0.3, -0.25) is 4.79 Å². The number of nitrogens with zero attached hydrogens (tertiary/aromatic N) is 3. The number of anilines is 2. The van der Waals surface area contributed by atoms with E-state index in [0.717, 1.165) is 54.3 Å². The summed E-state index contributed by atoms with van der Waals surface area (Å²) in [6.07, 6.45) is 0. The lowest BCUT2D eigenvalue weighted by Gasteiger charge is -2.36. The topological polar surface area (TPSA) is 70.8 Å². The number of methoxy groups -OCH3 is 1. The molecule has 4 rings (SSSR count). The van der Waals surface area contributed by atoms with E-state index in [1.807, 2.05) is 36.6 Å². The van der Waals surface area contributed by atoms with E-state index >= 15 is 0 Å². The fourth-order valence-corrected chi connectivity index (χ4v) is 4.17. The van der Waals surface area contributed by atoms with Gasteiger partial charge < -0.3 is 24.3 Å². The highest BCUT2D eigenvalue weighted by atomic mass is 32.1. The van der Waals surface area contributed by atoms with Crippen molar-refractivity contribution in [1.82, 2.24) is 10.3 Å². The van der Waals surface area contributed by atoms with E-state index in [2.05, 4.69) is 32.2 Å². The van der Waals surface area contributed by atoms with Gasteiger partial charge in [0, 0.05) is 43.3 Å². The number of furan rings is 1. The lowest BCUT2D eigenvalue weighted by Crippen LogP contribution is -2.46. The highest BCUT2D eigenvalue weighted by Gasteiger charge is 2.21. The molecular weight excluding hydrogens is 388 g/mol. The van der Waals surface area contributed by atoms with Crippen LogP contribution in [0.15, 0.2) is 46.2 Å². The number of carbonyl (C=O) groups excluding carboxylic acids is 1. The molecule has 8 heteroatoms. The molecule has 1 aliphatic rings. The molecule has 3 heterocycles. The summed E-state index contributed by atoms with van der Waals surface area (Å²) >= 11 is 1.51. The molecule has 2 aromatic heterocycles. The van der Waals surface area contributed by atoms with Crippen LogP contribution in [0, 0.1) is 6.92 Å². The van der Waals surface area contributed by atoms with E-state index in [4.69, 9.17) is 9.15 Å². The van der Waals surface area contributed by atoms with Crippen LogP contribution < -0.4 is 19.9 Å². The average molecular weight is 413 g/mol. The predicted molar refractivity (Wildman–Crippen MR) is 114 cm³/mol. The van der Waals surface area contributed by atoms with Gasteiger partial charge in [0.25, 0.3) is 5.91 Å². The summed E-state index contributed by atoms with van der Waals surface area (Å²) in [5, 5.41) is 5.55. The number of nitrogens with one attached hydrogen (secondary N) is 1. The van der Waals surface area contributed by atoms with Crippen molar-refractivity contribution in [3.8, 4) is 5.75 Å². The maximum Gasteiger partial charge on any atom is 0.271 e. The zero-order chi connectivity index (χ0) is 20.2. The highest BCUT2D eigenvalue weighted by Crippen LogP contribution is 2.25. The van der Waals surface area contributed by atoms with Crippen LogP contribution in [0.25, 0.3) is 0 Å². The molecule has 0 atom stereocenters. The molecule has 1 aliphatic heterocycles. The number of piperazine rings is 1. The third-order valence-electron chi connectivity index (χ3n) is 4.91. The van der Waals surface area contributed by atoms with Gasteiger partial charge >= 0.3 is 0 Å².